The Balaban J connectivity index is 2.08. The second-order valence-corrected chi connectivity index (χ2v) is 6.35. The van der Waals surface area contributed by atoms with E-state index in [0.717, 1.165) is 30.0 Å². The lowest BCUT2D eigenvalue weighted by Gasteiger charge is -2.14. The molecule has 2 rings (SSSR count). The van der Waals surface area contributed by atoms with Crippen molar-refractivity contribution in [2.75, 3.05) is 7.05 Å². The second-order valence-electron chi connectivity index (χ2n) is 5.08. The monoisotopic (exact) mass is 292 g/mol. The van der Waals surface area contributed by atoms with Gasteiger partial charge >= 0.3 is 0 Å². The lowest BCUT2D eigenvalue weighted by Crippen LogP contribution is -2.18. The first-order valence-corrected chi connectivity index (χ1v) is 8.13. The molecule has 0 spiro atoms. The quantitative estimate of drug-likeness (QED) is 0.849. The highest BCUT2D eigenvalue weighted by molar-refractivity contribution is 7.11. The molecule has 1 N–H and O–H groups in total. The molecule has 20 heavy (non-hydrogen) atoms. The molecule has 0 aromatic carbocycles. The summed E-state index contributed by atoms with van der Waals surface area (Å²) in [6.45, 7) is 6.47. The molecule has 0 saturated heterocycles. The van der Waals surface area contributed by atoms with Crippen molar-refractivity contribution >= 4 is 11.3 Å². The maximum Gasteiger partial charge on any atom is 0.0897 e. The summed E-state index contributed by atoms with van der Waals surface area (Å²) in [6, 6.07) is 2.95. The summed E-state index contributed by atoms with van der Waals surface area (Å²) in [7, 11) is 2.00. The lowest BCUT2D eigenvalue weighted by molar-refractivity contribution is 0.423. The molecule has 0 fully saturated rings. The maximum absolute atomic E-state index is 4.73. The molecule has 0 aliphatic carbocycles. The Kier molecular flexibility index (Phi) is 5.31. The number of hydrogen-bond donors (Lipinski definition) is 1. The fraction of sp³-hybridized carbons (Fsp3) is 0.600. The van der Waals surface area contributed by atoms with E-state index in [4.69, 9.17) is 5.10 Å². The Hall–Kier alpha value is -1.20. The van der Waals surface area contributed by atoms with Gasteiger partial charge in [-0.15, -0.1) is 11.3 Å². The van der Waals surface area contributed by atoms with Gasteiger partial charge in [-0.1, -0.05) is 13.8 Å². The Morgan fingerprint density at radius 2 is 2.10 bits per heavy atom. The fourth-order valence-electron chi connectivity index (χ4n) is 2.45. The third-order valence-corrected chi connectivity index (χ3v) is 4.75. The molecule has 4 nitrogen and oxygen atoms in total. The maximum atomic E-state index is 4.73. The summed E-state index contributed by atoms with van der Waals surface area (Å²) in [6.07, 6.45) is 7.24. The summed E-state index contributed by atoms with van der Waals surface area (Å²) in [5.74, 6) is 0. The zero-order chi connectivity index (χ0) is 14.5. The van der Waals surface area contributed by atoms with Crippen molar-refractivity contribution in [3.05, 3.63) is 34.0 Å². The van der Waals surface area contributed by atoms with Crippen molar-refractivity contribution in [3.63, 3.8) is 0 Å². The van der Waals surface area contributed by atoms with Crippen LogP contribution >= 0.6 is 11.3 Å². The van der Waals surface area contributed by atoms with Crippen LogP contribution in [0, 0.1) is 6.92 Å². The van der Waals surface area contributed by atoms with E-state index in [0.29, 0.717) is 12.1 Å². The number of aryl methyl sites for hydroxylation is 1. The number of nitrogens with zero attached hydrogens (tertiary/aromatic N) is 3. The van der Waals surface area contributed by atoms with Crippen LogP contribution in [-0.4, -0.2) is 21.8 Å². The van der Waals surface area contributed by atoms with E-state index in [2.05, 4.69) is 41.1 Å². The summed E-state index contributed by atoms with van der Waals surface area (Å²) in [5, 5.41) is 9.21. The predicted octanol–water partition coefficient (Wildman–Crippen LogP) is 3.51. The van der Waals surface area contributed by atoms with Crippen molar-refractivity contribution < 1.29 is 0 Å². The van der Waals surface area contributed by atoms with Crippen LogP contribution in [0.15, 0.2) is 18.5 Å². The number of hydrogen-bond acceptors (Lipinski definition) is 4. The molecule has 0 saturated carbocycles. The van der Waals surface area contributed by atoms with E-state index in [1.807, 2.05) is 20.2 Å². The topological polar surface area (TPSA) is 42.7 Å². The van der Waals surface area contributed by atoms with E-state index in [1.54, 1.807) is 11.3 Å². The minimum atomic E-state index is 0.297. The molecule has 0 amide bonds. The summed E-state index contributed by atoms with van der Waals surface area (Å²) < 4.78 is 2.11. The highest BCUT2D eigenvalue weighted by atomic mass is 32.1. The molecule has 110 valence electrons. The highest BCUT2D eigenvalue weighted by Crippen LogP contribution is 2.23. The Labute approximate surface area is 125 Å². The summed E-state index contributed by atoms with van der Waals surface area (Å²) in [5.41, 5.74) is 1.14. The van der Waals surface area contributed by atoms with Crippen LogP contribution in [0.5, 0.6) is 0 Å². The predicted molar refractivity (Wildman–Crippen MR) is 84.2 cm³/mol. The van der Waals surface area contributed by atoms with Gasteiger partial charge in [0, 0.05) is 29.7 Å². The van der Waals surface area contributed by atoms with Gasteiger partial charge in [0.05, 0.1) is 16.7 Å². The normalized spacial score (nSPS) is 13.1. The van der Waals surface area contributed by atoms with Gasteiger partial charge in [0.25, 0.3) is 0 Å². The molecule has 2 aromatic rings. The summed E-state index contributed by atoms with van der Waals surface area (Å²) >= 11 is 1.75. The molecule has 5 heteroatoms. The van der Waals surface area contributed by atoms with Gasteiger partial charge in [-0.3, -0.25) is 4.68 Å². The fourth-order valence-corrected chi connectivity index (χ4v) is 3.34. The van der Waals surface area contributed by atoms with Gasteiger partial charge < -0.3 is 5.32 Å². The van der Waals surface area contributed by atoms with Gasteiger partial charge in [0.1, 0.15) is 0 Å². The number of thiazole rings is 1. The number of aromatic nitrogens is 3. The van der Waals surface area contributed by atoms with Crippen LogP contribution in [0.25, 0.3) is 0 Å². The highest BCUT2D eigenvalue weighted by Gasteiger charge is 2.15. The van der Waals surface area contributed by atoms with Gasteiger partial charge in [-0.05, 0) is 32.9 Å². The van der Waals surface area contributed by atoms with Gasteiger partial charge in [-0.25, -0.2) is 4.98 Å². The van der Waals surface area contributed by atoms with E-state index in [-0.39, 0.29) is 0 Å². The van der Waals surface area contributed by atoms with E-state index >= 15 is 0 Å². The Morgan fingerprint density at radius 3 is 2.65 bits per heavy atom. The smallest absolute Gasteiger partial charge is 0.0897 e. The minimum absolute atomic E-state index is 0.297. The first-order chi connectivity index (χ1) is 9.67. The third kappa shape index (κ3) is 3.46. The standard InChI is InChI=1S/C15H24N4S/c1-5-13(6-2)19-8-7-12(18-19)9-14(16-4)15-10-17-11(3)20-15/h7-8,10,13-14,16H,5-6,9H2,1-4H3. The average molecular weight is 292 g/mol. The summed E-state index contributed by atoms with van der Waals surface area (Å²) in [4.78, 5) is 5.62. The molecule has 1 unspecified atom stereocenters. The van der Waals surface area contributed by atoms with Gasteiger partial charge in [-0.2, -0.15) is 5.10 Å². The average Bonchev–Trinajstić information content (AvgIpc) is 3.07. The van der Waals surface area contributed by atoms with Crippen LogP contribution in [0.4, 0.5) is 0 Å². The van der Waals surface area contributed by atoms with E-state index < -0.39 is 0 Å². The Morgan fingerprint density at radius 1 is 1.35 bits per heavy atom. The van der Waals surface area contributed by atoms with Crippen LogP contribution in [-0.2, 0) is 6.42 Å². The number of rotatable bonds is 7. The molecule has 2 aromatic heterocycles. The van der Waals surface area contributed by atoms with Crippen LogP contribution in [0.1, 0.15) is 54.4 Å². The van der Waals surface area contributed by atoms with Crippen molar-refractivity contribution in [2.24, 2.45) is 0 Å². The van der Waals surface area contributed by atoms with E-state index in [9.17, 15) is 0 Å². The first kappa shape index (κ1) is 15.2. The van der Waals surface area contributed by atoms with Crippen LogP contribution in [0.2, 0.25) is 0 Å². The van der Waals surface area contributed by atoms with Crippen molar-refractivity contribution in [1.82, 2.24) is 20.1 Å². The molecule has 2 heterocycles. The Bertz CT molecular complexity index is 527. The zero-order valence-corrected chi connectivity index (χ0v) is 13.6. The zero-order valence-electron chi connectivity index (χ0n) is 12.8. The molecule has 0 aliphatic rings. The second kappa shape index (κ2) is 6.99. The molecule has 0 bridgehead atoms. The third-order valence-electron chi connectivity index (χ3n) is 3.72. The molecule has 0 aliphatic heterocycles. The SMILES string of the molecule is CCC(CC)n1ccc(CC(NC)c2cnc(C)s2)n1. The lowest BCUT2D eigenvalue weighted by atomic mass is 10.1. The van der Waals surface area contributed by atoms with Gasteiger partial charge in [0.2, 0.25) is 0 Å². The first-order valence-electron chi connectivity index (χ1n) is 7.31. The van der Waals surface area contributed by atoms with E-state index in [1.165, 1.54) is 4.88 Å². The van der Waals surface area contributed by atoms with Crippen LogP contribution in [0.3, 0.4) is 0 Å². The molecular weight excluding hydrogens is 268 g/mol. The van der Waals surface area contributed by atoms with Gasteiger partial charge in [0.15, 0.2) is 0 Å². The largest absolute Gasteiger partial charge is 0.312 e. The molecule has 0 radical (unpaired) electrons. The van der Waals surface area contributed by atoms with Crippen molar-refractivity contribution in [2.45, 2.75) is 52.1 Å². The van der Waals surface area contributed by atoms with Crippen molar-refractivity contribution in [3.8, 4) is 0 Å². The number of likely N-dealkylation sites (N-methyl/N-ethyl adjacent to an activating group) is 1. The number of nitrogens with one attached hydrogen (secondary N) is 1. The molecular formula is C15H24N4S. The minimum Gasteiger partial charge on any atom is -0.312 e. The molecule has 1 atom stereocenters. The van der Waals surface area contributed by atoms with Crippen molar-refractivity contribution in [1.29, 1.82) is 0 Å². The van der Waals surface area contributed by atoms with Crippen LogP contribution < -0.4 is 5.32 Å².